The van der Waals surface area contributed by atoms with E-state index in [1.165, 1.54) is 28.9 Å². The first-order valence-electron chi connectivity index (χ1n) is 6.83. The second kappa shape index (κ2) is 7.39. The van der Waals surface area contributed by atoms with Crippen LogP contribution >= 0.6 is 23.1 Å². The zero-order chi connectivity index (χ0) is 17.9. The van der Waals surface area contributed by atoms with E-state index < -0.39 is 23.9 Å². The lowest BCUT2D eigenvalue weighted by Crippen LogP contribution is -2.38. The van der Waals surface area contributed by atoms with Gasteiger partial charge in [0, 0.05) is 6.54 Å². The number of nitrogens with zero attached hydrogens (tertiary/aromatic N) is 2. The molecule has 0 spiro atoms. The molecule has 0 aliphatic carbocycles. The Balaban J connectivity index is 2.24. The van der Waals surface area contributed by atoms with Gasteiger partial charge in [0.1, 0.15) is 11.4 Å². The van der Waals surface area contributed by atoms with Crippen molar-refractivity contribution in [1.82, 2.24) is 14.9 Å². The van der Waals surface area contributed by atoms with Crippen LogP contribution in [0.1, 0.15) is 6.92 Å². The standard InChI is InChI=1S/C14H14F3N3O2S2/c1-3-5-20-12(22)9-4-6-23-11(9)19-13(20)24-8(2)10(21)18-7-14(15,16)17/h3-4,6,8H,1,5,7H2,2H3,(H,18,21). The Bertz CT molecular complexity index is 814. The Morgan fingerprint density at radius 1 is 1.58 bits per heavy atom. The fourth-order valence-corrected chi connectivity index (χ4v) is 3.60. The average molecular weight is 377 g/mol. The average Bonchev–Trinajstić information content (AvgIpc) is 2.96. The molecule has 0 fully saturated rings. The molecule has 2 aromatic rings. The molecule has 0 saturated heterocycles. The van der Waals surface area contributed by atoms with Gasteiger partial charge in [-0.25, -0.2) is 4.98 Å². The maximum absolute atomic E-state index is 12.4. The molecule has 130 valence electrons. The Kier molecular flexibility index (Phi) is 5.70. The smallest absolute Gasteiger partial charge is 0.346 e. The summed E-state index contributed by atoms with van der Waals surface area (Å²) in [4.78, 5) is 29.1. The zero-order valence-corrected chi connectivity index (χ0v) is 14.2. The number of hydrogen-bond acceptors (Lipinski definition) is 5. The van der Waals surface area contributed by atoms with Gasteiger partial charge in [-0.1, -0.05) is 17.8 Å². The van der Waals surface area contributed by atoms with Crippen molar-refractivity contribution in [3.8, 4) is 0 Å². The van der Waals surface area contributed by atoms with Gasteiger partial charge in [0.15, 0.2) is 5.16 Å². The largest absolute Gasteiger partial charge is 0.405 e. The van der Waals surface area contributed by atoms with Gasteiger partial charge in [-0.3, -0.25) is 14.2 Å². The van der Waals surface area contributed by atoms with Crippen LogP contribution in [0, 0.1) is 0 Å². The Labute approximate surface area is 143 Å². The summed E-state index contributed by atoms with van der Waals surface area (Å²) in [6, 6.07) is 1.66. The molecular formula is C14H14F3N3O2S2. The molecule has 24 heavy (non-hydrogen) atoms. The highest BCUT2D eigenvalue weighted by Crippen LogP contribution is 2.25. The lowest BCUT2D eigenvalue weighted by molar-refractivity contribution is -0.137. The Morgan fingerprint density at radius 3 is 2.92 bits per heavy atom. The summed E-state index contributed by atoms with van der Waals surface area (Å²) in [5.41, 5.74) is -0.272. The third-order valence-electron chi connectivity index (χ3n) is 2.97. The minimum Gasteiger partial charge on any atom is -0.346 e. The number of halogens is 3. The molecule has 0 saturated carbocycles. The van der Waals surface area contributed by atoms with Crippen LogP contribution < -0.4 is 10.9 Å². The summed E-state index contributed by atoms with van der Waals surface area (Å²) < 4.78 is 37.9. The predicted octanol–water partition coefficient (Wildman–Crippen LogP) is 2.80. The molecule has 1 N–H and O–H groups in total. The highest BCUT2D eigenvalue weighted by molar-refractivity contribution is 8.00. The first-order chi connectivity index (χ1) is 11.2. The molecule has 0 aromatic carbocycles. The first kappa shape index (κ1) is 18.5. The third kappa shape index (κ3) is 4.38. The van der Waals surface area contributed by atoms with Gasteiger partial charge in [0.25, 0.3) is 5.56 Å². The molecule has 1 atom stereocenters. The van der Waals surface area contributed by atoms with E-state index in [0.29, 0.717) is 10.2 Å². The quantitative estimate of drug-likeness (QED) is 0.478. The normalized spacial score (nSPS) is 13.0. The first-order valence-corrected chi connectivity index (χ1v) is 8.59. The summed E-state index contributed by atoms with van der Waals surface area (Å²) in [5.74, 6) is -0.775. The predicted molar refractivity (Wildman–Crippen MR) is 88.5 cm³/mol. The van der Waals surface area contributed by atoms with Gasteiger partial charge in [0.05, 0.1) is 10.6 Å². The van der Waals surface area contributed by atoms with Crippen LogP contribution in [-0.4, -0.2) is 33.4 Å². The number of thioether (sulfide) groups is 1. The maximum Gasteiger partial charge on any atom is 0.405 e. The van der Waals surface area contributed by atoms with Crippen molar-refractivity contribution in [1.29, 1.82) is 0 Å². The molecule has 1 amide bonds. The van der Waals surface area contributed by atoms with Crippen LogP contribution in [0.2, 0.25) is 0 Å². The zero-order valence-electron chi connectivity index (χ0n) is 12.6. The number of rotatable bonds is 6. The van der Waals surface area contributed by atoms with Crippen molar-refractivity contribution in [3.63, 3.8) is 0 Å². The monoisotopic (exact) mass is 377 g/mol. The van der Waals surface area contributed by atoms with Gasteiger partial charge in [-0.05, 0) is 18.4 Å². The second-order valence-electron chi connectivity index (χ2n) is 4.83. The fourth-order valence-electron chi connectivity index (χ4n) is 1.85. The summed E-state index contributed by atoms with van der Waals surface area (Å²) >= 11 is 2.21. The summed E-state index contributed by atoms with van der Waals surface area (Å²) in [5, 5.41) is 3.44. The molecule has 5 nitrogen and oxygen atoms in total. The summed E-state index contributed by atoms with van der Waals surface area (Å²) in [7, 11) is 0. The highest BCUT2D eigenvalue weighted by Gasteiger charge is 2.29. The van der Waals surface area contributed by atoms with E-state index in [0.717, 1.165) is 11.8 Å². The van der Waals surface area contributed by atoms with Crippen LogP contribution in [-0.2, 0) is 11.3 Å². The molecule has 2 aromatic heterocycles. The van der Waals surface area contributed by atoms with E-state index in [1.54, 1.807) is 11.4 Å². The van der Waals surface area contributed by atoms with Gasteiger partial charge in [-0.2, -0.15) is 13.2 Å². The molecule has 0 aliphatic heterocycles. The lowest BCUT2D eigenvalue weighted by atomic mass is 10.4. The molecular weight excluding hydrogens is 363 g/mol. The molecule has 0 bridgehead atoms. The van der Waals surface area contributed by atoms with E-state index in [1.807, 2.05) is 5.32 Å². The van der Waals surface area contributed by atoms with Crippen molar-refractivity contribution >= 4 is 39.2 Å². The van der Waals surface area contributed by atoms with E-state index in [9.17, 15) is 22.8 Å². The molecule has 10 heteroatoms. The summed E-state index contributed by atoms with van der Waals surface area (Å²) in [6.45, 7) is 3.83. The number of allylic oxidation sites excluding steroid dienone is 1. The van der Waals surface area contributed by atoms with Crippen LogP contribution in [0.3, 0.4) is 0 Å². The molecule has 2 heterocycles. The number of nitrogens with one attached hydrogen (secondary N) is 1. The van der Waals surface area contributed by atoms with E-state index in [2.05, 4.69) is 11.6 Å². The molecule has 2 rings (SSSR count). The Morgan fingerprint density at radius 2 is 2.29 bits per heavy atom. The molecule has 0 aliphatic rings. The van der Waals surface area contributed by atoms with Crippen LogP contribution in [0.4, 0.5) is 13.2 Å². The molecule has 0 radical (unpaired) electrons. The number of alkyl halides is 3. The van der Waals surface area contributed by atoms with Gasteiger partial charge < -0.3 is 5.32 Å². The van der Waals surface area contributed by atoms with E-state index >= 15 is 0 Å². The van der Waals surface area contributed by atoms with Crippen LogP contribution in [0.25, 0.3) is 10.2 Å². The second-order valence-corrected chi connectivity index (χ2v) is 7.03. The lowest BCUT2D eigenvalue weighted by Gasteiger charge is -2.15. The van der Waals surface area contributed by atoms with Crippen LogP contribution in [0.5, 0.6) is 0 Å². The van der Waals surface area contributed by atoms with Gasteiger partial charge in [0.2, 0.25) is 5.91 Å². The molecule has 1 unspecified atom stereocenters. The number of amides is 1. The maximum atomic E-state index is 12.4. The van der Waals surface area contributed by atoms with Crippen molar-refractivity contribution < 1.29 is 18.0 Å². The van der Waals surface area contributed by atoms with E-state index in [4.69, 9.17) is 0 Å². The van der Waals surface area contributed by atoms with Crippen LogP contribution in [0.15, 0.2) is 34.1 Å². The van der Waals surface area contributed by atoms with Crippen molar-refractivity contribution in [2.24, 2.45) is 0 Å². The number of fused-ring (bicyclic) bond motifs is 1. The number of carbonyl (C=O) groups is 1. The van der Waals surface area contributed by atoms with E-state index in [-0.39, 0.29) is 17.3 Å². The van der Waals surface area contributed by atoms with Crippen molar-refractivity contribution in [2.75, 3.05) is 6.54 Å². The fraction of sp³-hybridized carbons (Fsp3) is 0.357. The third-order valence-corrected chi connectivity index (χ3v) is 4.87. The number of thiophene rings is 1. The van der Waals surface area contributed by atoms with Crippen molar-refractivity contribution in [2.45, 2.75) is 30.1 Å². The van der Waals surface area contributed by atoms with Crippen molar-refractivity contribution in [3.05, 3.63) is 34.5 Å². The highest BCUT2D eigenvalue weighted by atomic mass is 32.2. The number of hydrogen-bond donors (Lipinski definition) is 1. The van der Waals surface area contributed by atoms with Gasteiger partial charge >= 0.3 is 6.18 Å². The SMILES string of the molecule is C=CCn1c(SC(C)C(=O)NCC(F)(F)F)nc2sccc2c1=O. The minimum atomic E-state index is -4.47. The van der Waals surface area contributed by atoms with Gasteiger partial charge in [-0.15, -0.1) is 17.9 Å². The minimum absolute atomic E-state index is 0.191. The number of carbonyl (C=O) groups excluding carboxylic acids is 1. The summed E-state index contributed by atoms with van der Waals surface area (Å²) in [6.07, 6.45) is -2.96. The Hall–Kier alpha value is -1.81. The topological polar surface area (TPSA) is 64.0 Å². The number of aromatic nitrogens is 2.